The predicted octanol–water partition coefficient (Wildman–Crippen LogP) is 3.71. The Morgan fingerprint density at radius 3 is 2.76 bits per heavy atom. The molecule has 0 fully saturated rings. The fourth-order valence-electron chi connectivity index (χ4n) is 1.94. The van der Waals surface area contributed by atoms with E-state index in [4.69, 9.17) is 5.11 Å². The van der Waals surface area contributed by atoms with Gasteiger partial charge in [-0.05, 0) is 54.2 Å². The highest BCUT2D eigenvalue weighted by Gasteiger charge is 2.07. The van der Waals surface area contributed by atoms with Gasteiger partial charge in [-0.15, -0.1) is 11.3 Å². The summed E-state index contributed by atoms with van der Waals surface area (Å²) in [4.78, 5) is 2.70. The van der Waals surface area contributed by atoms with Crippen molar-refractivity contribution in [1.29, 1.82) is 0 Å². The molecule has 98 valence electrons. The molecule has 1 atom stereocenters. The van der Waals surface area contributed by atoms with Gasteiger partial charge in [-0.3, -0.25) is 0 Å². The molecule has 4 heteroatoms. The molecule has 2 nitrogen and oxygen atoms in total. The van der Waals surface area contributed by atoms with Crippen LogP contribution in [0.15, 0.2) is 10.5 Å². The van der Waals surface area contributed by atoms with Gasteiger partial charge in [0.1, 0.15) is 0 Å². The average Bonchev–Trinajstić information content (AvgIpc) is 2.59. The van der Waals surface area contributed by atoms with Crippen molar-refractivity contribution >= 4 is 27.3 Å². The molecular weight excluding hydrogens is 298 g/mol. The number of nitrogens with one attached hydrogen (secondary N) is 1. The third kappa shape index (κ3) is 5.51. The average molecular weight is 320 g/mol. The molecule has 0 bridgehead atoms. The molecular formula is C13H22BrNOS. The Labute approximate surface area is 117 Å². The van der Waals surface area contributed by atoms with Crippen LogP contribution in [0.2, 0.25) is 0 Å². The van der Waals surface area contributed by atoms with Crippen molar-refractivity contribution in [2.24, 2.45) is 5.92 Å². The minimum absolute atomic E-state index is 0.302. The zero-order chi connectivity index (χ0) is 12.7. The van der Waals surface area contributed by atoms with Crippen LogP contribution in [0.1, 0.15) is 35.9 Å². The number of rotatable bonds is 8. The first-order valence-electron chi connectivity index (χ1n) is 6.23. The van der Waals surface area contributed by atoms with Crippen molar-refractivity contribution in [2.75, 3.05) is 13.2 Å². The highest BCUT2D eigenvalue weighted by atomic mass is 79.9. The molecule has 0 saturated carbocycles. The summed E-state index contributed by atoms with van der Waals surface area (Å²) in [5.41, 5.74) is 0. The third-order valence-corrected chi connectivity index (χ3v) is 5.01. The summed E-state index contributed by atoms with van der Waals surface area (Å²) in [6.45, 7) is 6.57. The number of aliphatic hydroxyl groups is 1. The third-order valence-electron chi connectivity index (χ3n) is 2.87. The highest BCUT2D eigenvalue weighted by Crippen LogP contribution is 2.26. The molecule has 1 heterocycles. The number of halogens is 1. The zero-order valence-corrected chi connectivity index (χ0v) is 13.0. The minimum atomic E-state index is 0.302. The van der Waals surface area contributed by atoms with Crippen molar-refractivity contribution in [3.63, 3.8) is 0 Å². The summed E-state index contributed by atoms with van der Waals surface area (Å²) in [5, 5.41) is 12.5. The lowest BCUT2D eigenvalue weighted by Gasteiger charge is -2.15. The summed E-state index contributed by atoms with van der Waals surface area (Å²) >= 11 is 5.37. The lowest BCUT2D eigenvalue weighted by molar-refractivity contribution is 0.248. The molecule has 0 aliphatic rings. The second-order valence-electron chi connectivity index (χ2n) is 4.41. The second kappa shape index (κ2) is 8.25. The lowest BCUT2D eigenvalue weighted by atomic mass is 10.0. The molecule has 0 amide bonds. The highest BCUT2D eigenvalue weighted by molar-refractivity contribution is 9.10. The monoisotopic (exact) mass is 319 g/mol. The van der Waals surface area contributed by atoms with Crippen molar-refractivity contribution < 1.29 is 5.11 Å². The van der Waals surface area contributed by atoms with E-state index in [2.05, 4.69) is 41.2 Å². The van der Waals surface area contributed by atoms with E-state index in [1.165, 1.54) is 27.1 Å². The Morgan fingerprint density at radius 2 is 2.24 bits per heavy atom. The van der Waals surface area contributed by atoms with E-state index < -0.39 is 0 Å². The predicted molar refractivity (Wildman–Crippen MR) is 78.6 cm³/mol. The molecule has 0 aliphatic carbocycles. The fourth-order valence-corrected chi connectivity index (χ4v) is 3.52. The van der Waals surface area contributed by atoms with Crippen LogP contribution in [0.25, 0.3) is 0 Å². The van der Waals surface area contributed by atoms with E-state index in [0.29, 0.717) is 12.5 Å². The number of hydrogen-bond acceptors (Lipinski definition) is 3. The van der Waals surface area contributed by atoms with Crippen molar-refractivity contribution in [2.45, 2.75) is 39.7 Å². The smallest absolute Gasteiger partial charge is 0.0434 e. The minimum Gasteiger partial charge on any atom is -0.396 e. The molecule has 1 rings (SSSR count). The molecule has 0 aromatic carbocycles. The van der Waals surface area contributed by atoms with Crippen LogP contribution < -0.4 is 5.32 Å². The normalized spacial score (nSPS) is 12.9. The Balaban J connectivity index is 2.30. The summed E-state index contributed by atoms with van der Waals surface area (Å²) in [6.07, 6.45) is 3.30. The van der Waals surface area contributed by atoms with Gasteiger partial charge in [0.05, 0.1) is 0 Å². The first kappa shape index (κ1) is 15.2. The molecule has 1 aromatic rings. The zero-order valence-electron chi connectivity index (χ0n) is 10.6. The van der Waals surface area contributed by atoms with E-state index in [1.54, 1.807) is 0 Å². The Hall–Kier alpha value is 0.1000. The van der Waals surface area contributed by atoms with Crippen molar-refractivity contribution in [1.82, 2.24) is 5.32 Å². The van der Waals surface area contributed by atoms with Gasteiger partial charge in [-0.1, -0.05) is 13.3 Å². The quantitative estimate of drug-likeness (QED) is 0.765. The number of thiophene rings is 1. The van der Waals surface area contributed by atoms with E-state index in [9.17, 15) is 0 Å². The Kier molecular flexibility index (Phi) is 7.35. The summed E-state index contributed by atoms with van der Waals surface area (Å²) < 4.78 is 1.21. The number of hydrogen-bond donors (Lipinski definition) is 2. The van der Waals surface area contributed by atoms with Crippen LogP contribution in [0.3, 0.4) is 0 Å². The van der Waals surface area contributed by atoms with Gasteiger partial charge < -0.3 is 10.4 Å². The maximum absolute atomic E-state index is 8.99. The van der Waals surface area contributed by atoms with Crippen molar-refractivity contribution in [3.8, 4) is 0 Å². The lowest BCUT2D eigenvalue weighted by Crippen LogP contribution is -2.22. The maximum Gasteiger partial charge on any atom is 0.0434 e. The SMILES string of the molecule is CCCC(CCO)CNCc1cc(Br)c(C)s1. The number of aryl methyl sites for hydroxylation is 1. The van der Waals surface area contributed by atoms with Crippen LogP contribution in [0.4, 0.5) is 0 Å². The molecule has 17 heavy (non-hydrogen) atoms. The molecule has 0 radical (unpaired) electrons. The van der Waals surface area contributed by atoms with E-state index in [0.717, 1.165) is 19.5 Å². The van der Waals surface area contributed by atoms with Crippen LogP contribution in [-0.4, -0.2) is 18.3 Å². The van der Waals surface area contributed by atoms with Gasteiger partial charge in [0, 0.05) is 27.4 Å². The fraction of sp³-hybridized carbons (Fsp3) is 0.692. The van der Waals surface area contributed by atoms with Gasteiger partial charge in [0.15, 0.2) is 0 Å². The van der Waals surface area contributed by atoms with Crippen LogP contribution in [0, 0.1) is 12.8 Å². The molecule has 0 saturated heterocycles. The number of aliphatic hydroxyl groups excluding tert-OH is 1. The molecule has 0 aliphatic heterocycles. The van der Waals surface area contributed by atoms with Gasteiger partial charge in [0.2, 0.25) is 0 Å². The summed E-state index contributed by atoms with van der Waals surface area (Å²) in [6, 6.07) is 2.19. The Morgan fingerprint density at radius 1 is 1.47 bits per heavy atom. The summed E-state index contributed by atoms with van der Waals surface area (Å²) in [7, 11) is 0. The van der Waals surface area contributed by atoms with Gasteiger partial charge in [-0.2, -0.15) is 0 Å². The molecule has 1 unspecified atom stereocenters. The van der Waals surface area contributed by atoms with Crippen molar-refractivity contribution in [3.05, 3.63) is 20.3 Å². The first-order chi connectivity index (χ1) is 8.17. The first-order valence-corrected chi connectivity index (χ1v) is 7.84. The summed E-state index contributed by atoms with van der Waals surface area (Å²) in [5.74, 6) is 0.606. The molecule has 2 N–H and O–H groups in total. The van der Waals surface area contributed by atoms with E-state index in [-0.39, 0.29) is 0 Å². The Bertz CT molecular complexity index is 302. The van der Waals surface area contributed by atoms with E-state index >= 15 is 0 Å². The van der Waals surface area contributed by atoms with Gasteiger partial charge in [-0.25, -0.2) is 0 Å². The second-order valence-corrected chi connectivity index (χ2v) is 6.61. The van der Waals surface area contributed by atoms with Gasteiger partial charge in [0.25, 0.3) is 0 Å². The molecule has 0 spiro atoms. The largest absolute Gasteiger partial charge is 0.396 e. The maximum atomic E-state index is 8.99. The van der Waals surface area contributed by atoms with Crippen LogP contribution >= 0.6 is 27.3 Å². The van der Waals surface area contributed by atoms with Gasteiger partial charge >= 0.3 is 0 Å². The van der Waals surface area contributed by atoms with E-state index in [1.807, 2.05) is 11.3 Å². The van der Waals surface area contributed by atoms with Crippen LogP contribution in [-0.2, 0) is 6.54 Å². The standard InChI is InChI=1S/C13H22BrNOS/c1-3-4-11(5-6-16)8-15-9-12-7-13(14)10(2)17-12/h7,11,15-16H,3-6,8-9H2,1-2H3. The topological polar surface area (TPSA) is 32.3 Å². The van der Waals surface area contributed by atoms with Crippen LogP contribution in [0.5, 0.6) is 0 Å². The molecule has 1 aromatic heterocycles.